The topological polar surface area (TPSA) is 83.1 Å². The molecule has 0 spiro atoms. The predicted octanol–water partition coefficient (Wildman–Crippen LogP) is -0.0452. The molecule has 2 N–H and O–H groups in total. The lowest BCUT2D eigenvalue weighted by Crippen LogP contribution is -2.48. The Hall–Kier alpha value is -1.16. The van der Waals surface area contributed by atoms with E-state index in [1.165, 1.54) is 7.69 Å². The number of nitrogens with zero attached hydrogens (tertiary/aromatic N) is 2. The van der Waals surface area contributed by atoms with Crippen LogP contribution in [0.1, 0.15) is 51.4 Å². The maximum Gasteiger partial charge on any atom is 0.491 e. The van der Waals surface area contributed by atoms with Gasteiger partial charge < -0.3 is 29.7 Å². The van der Waals surface area contributed by atoms with Crippen molar-refractivity contribution in [1.82, 2.24) is 20.4 Å². The molecule has 27 heavy (non-hydrogen) atoms. The second-order valence-corrected chi connectivity index (χ2v) is 7.92. The molecule has 4 fully saturated rings. The predicted molar refractivity (Wildman–Crippen MR) is 99.4 cm³/mol. The van der Waals surface area contributed by atoms with Crippen molar-refractivity contribution in [2.75, 3.05) is 26.2 Å². The molecular weight excluding hydrogens is 347 g/mol. The molecule has 9 heteroatoms. The lowest BCUT2D eigenvalue weighted by atomic mass is 10.2. The highest BCUT2D eigenvalue weighted by molar-refractivity contribution is 6.18. The van der Waals surface area contributed by atoms with Gasteiger partial charge in [-0.1, -0.05) is 0 Å². The number of amides is 2. The van der Waals surface area contributed by atoms with Crippen LogP contribution in [0.3, 0.4) is 0 Å². The largest absolute Gasteiger partial charge is 0.491 e. The van der Waals surface area contributed by atoms with Crippen molar-refractivity contribution < 1.29 is 18.9 Å². The molecule has 0 saturated carbocycles. The van der Waals surface area contributed by atoms with Gasteiger partial charge in [0.1, 0.15) is 12.5 Å². The minimum atomic E-state index is -0.262. The maximum absolute atomic E-state index is 12.6. The van der Waals surface area contributed by atoms with Crippen LogP contribution >= 0.6 is 0 Å². The first-order chi connectivity index (χ1) is 13.2. The van der Waals surface area contributed by atoms with Crippen LogP contribution in [0.15, 0.2) is 0 Å². The first-order valence-corrected chi connectivity index (χ1v) is 10.4. The molecule has 0 aromatic carbocycles. The molecule has 4 heterocycles. The number of carbonyl (C=O) groups excluding carboxylic acids is 2. The van der Waals surface area contributed by atoms with Crippen LogP contribution in [0.4, 0.5) is 0 Å². The number of hydrogen-bond acceptors (Lipinski definition) is 6. The van der Waals surface area contributed by atoms with Crippen LogP contribution in [-0.4, -0.2) is 80.0 Å². The number of nitrogens with one attached hydrogen (secondary N) is 2. The molecule has 149 valence electrons. The van der Waals surface area contributed by atoms with E-state index in [0.717, 1.165) is 77.5 Å². The Morgan fingerprint density at radius 1 is 0.741 bits per heavy atom. The lowest BCUT2D eigenvalue weighted by molar-refractivity contribution is -0.140. The van der Waals surface area contributed by atoms with Crippen molar-refractivity contribution >= 4 is 19.5 Å². The van der Waals surface area contributed by atoms with Crippen molar-refractivity contribution in [2.45, 2.75) is 75.9 Å². The molecule has 0 aromatic heterocycles. The summed E-state index contributed by atoms with van der Waals surface area (Å²) in [6.45, 7) is 3.28. The van der Waals surface area contributed by atoms with Crippen molar-refractivity contribution in [2.24, 2.45) is 0 Å². The minimum Gasteiger partial charge on any atom is -0.393 e. The van der Waals surface area contributed by atoms with Gasteiger partial charge in [0.05, 0.1) is 12.1 Å². The van der Waals surface area contributed by atoms with E-state index >= 15 is 0 Å². The summed E-state index contributed by atoms with van der Waals surface area (Å²) in [5.74, 6) is 0.266. The Kier molecular flexibility index (Phi) is 6.32. The highest BCUT2D eigenvalue weighted by Gasteiger charge is 2.37. The fourth-order valence-corrected chi connectivity index (χ4v) is 4.61. The SMILES string of the molecule is O=C(C1CCCN1)N1CCCC1O[B]OC1CCCN1C(=O)C1CCCN1. The van der Waals surface area contributed by atoms with Crippen LogP contribution in [0.2, 0.25) is 0 Å². The first-order valence-electron chi connectivity index (χ1n) is 10.4. The summed E-state index contributed by atoms with van der Waals surface area (Å²) < 4.78 is 11.6. The third-order valence-corrected chi connectivity index (χ3v) is 6.10. The van der Waals surface area contributed by atoms with E-state index in [1.54, 1.807) is 0 Å². The molecular formula is C18H30BN4O4. The van der Waals surface area contributed by atoms with Gasteiger partial charge in [0, 0.05) is 13.1 Å². The first kappa shape index (κ1) is 19.2. The maximum atomic E-state index is 12.6. The van der Waals surface area contributed by atoms with E-state index < -0.39 is 0 Å². The Morgan fingerprint density at radius 3 is 1.63 bits per heavy atom. The second kappa shape index (κ2) is 8.90. The number of rotatable bonds is 6. The third kappa shape index (κ3) is 4.31. The monoisotopic (exact) mass is 377 g/mol. The molecule has 0 aliphatic carbocycles. The molecule has 1 radical (unpaired) electrons. The number of hydrogen-bond donors (Lipinski definition) is 2. The van der Waals surface area contributed by atoms with Crippen molar-refractivity contribution in [3.8, 4) is 0 Å². The Balaban J connectivity index is 1.24. The van der Waals surface area contributed by atoms with Crippen molar-refractivity contribution in [3.63, 3.8) is 0 Å². The highest BCUT2D eigenvalue weighted by atomic mass is 16.6. The molecule has 4 rings (SSSR count). The van der Waals surface area contributed by atoms with E-state index in [-0.39, 0.29) is 36.4 Å². The molecule has 4 aliphatic rings. The Morgan fingerprint density at radius 2 is 1.22 bits per heavy atom. The summed E-state index contributed by atoms with van der Waals surface area (Å²) in [5.41, 5.74) is 0. The Bertz CT molecular complexity index is 493. The zero-order valence-corrected chi connectivity index (χ0v) is 15.9. The summed E-state index contributed by atoms with van der Waals surface area (Å²) in [5, 5.41) is 6.52. The third-order valence-electron chi connectivity index (χ3n) is 6.10. The summed E-state index contributed by atoms with van der Waals surface area (Å²) in [4.78, 5) is 28.9. The zero-order chi connectivity index (χ0) is 18.6. The Labute approximate surface area is 161 Å². The minimum absolute atomic E-state index is 0.0722. The molecule has 4 saturated heterocycles. The average Bonchev–Trinajstić information content (AvgIpc) is 3.49. The smallest absolute Gasteiger partial charge is 0.393 e. The van der Waals surface area contributed by atoms with Gasteiger partial charge in [-0.3, -0.25) is 9.59 Å². The molecule has 0 bridgehead atoms. The molecule has 4 atom stereocenters. The van der Waals surface area contributed by atoms with Crippen LogP contribution in [0.5, 0.6) is 0 Å². The fraction of sp³-hybridized carbons (Fsp3) is 0.889. The fourth-order valence-electron chi connectivity index (χ4n) is 4.61. The van der Waals surface area contributed by atoms with Crippen molar-refractivity contribution in [3.05, 3.63) is 0 Å². The van der Waals surface area contributed by atoms with Crippen molar-refractivity contribution in [1.29, 1.82) is 0 Å². The lowest BCUT2D eigenvalue weighted by Gasteiger charge is -2.29. The zero-order valence-electron chi connectivity index (χ0n) is 15.9. The number of carbonyl (C=O) groups is 2. The van der Waals surface area contributed by atoms with Gasteiger partial charge in [-0.2, -0.15) is 0 Å². The summed E-state index contributed by atoms with van der Waals surface area (Å²) in [6, 6.07) is -0.144. The molecule has 8 nitrogen and oxygen atoms in total. The van der Waals surface area contributed by atoms with Gasteiger partial charge in [-0.15, -0.1) is 0 Å². The van der Waals surface area contributed by atoms with E-state index in [2.05, 4.69) is 10.6 Å². The van der Waals surface area contributed by atoms with E-state index in [9.17, 15) is 9.59 Å². The highest BCUT2D eigenvalue weighted by Crippen LogP contribution is 2.23. The molecule has 4 unspecified atom stereocenters. The van der Waals surface area contributed by atoms with Crippen LogP contribution in [-0.2, 0) is 18.9 Å². The van der Waals surface area contributed by atoms with Gasteiger partial charge in [0.15, 0.2) is 0 Å². The van der Waals surface area contributed by atoms with Crippen LogP contribution in [0, 0.1) is 0 Å². The summed E-state index contributed by atoms with van der Waals surface area (Å²) in [7, 11) is 1.36. The van der Waals surface area contributed by atoms with Crippen LogP contribution < -0.4 is 10.6 Å². The molecule has 4 aliphatic heterocycles. The van der Waals surface area contributed by atoms with Gasteiger partial charge in [-0.25, -0.2) is 0 Å². The van der Waals surface area contributed by atoms with Gasteiger partial charge >= 0.3 is 7.69 Å². The molecule has 2 amide bonds. The van der Waals surface area contributed by atoms with E-state index in [4.69, 9.17) is 9.31 Å². The summed E-state index contributed by atoms with van der Waals surface area (Å²) in [6.07, 6.45) is 6.89. The van der Waals surface area contributed by atoms with Crippen LogP contribution in [0.25, 0.3) is 0 Å². The quantitative estimate of drug-likeness (QED) is 0.632. The standard InChI is InChI=1S/C18H30BN4O4/c24-17(13-5-1-9-20-13)22-11-3-7-15(22)26-19-27-16-8-4-12-23(16)18(25)14-6-2-10-21-14/h13-16,20-21H,1-12H2. The second-order valence-electron chi connectivity index (χ2n) is 7.92. The molecule has 0 aromatic rings. The van der Waals surface area contributed by atoms with Gasteiger partial charge in [0.25, 0.3) is 0 Å². The summed E-state index contributed by atoms with van der Waals surface area (Å²) >= 11 is 0. The van der Waals surface area contributed by atoms with E-state index in [1.807, 2.05) is 9.80 Å². The number of likely N-dealkylation sites (tertiary alicyclic amines) is 2. The normalized spacial score (nSPS) is 33.8. The average molecular weight is 377 g/mol. The van der Waals surface area contributed by atoms with Gasteiger partial charge in [-0.05, 0) is 64.5 Å². The van der Waals surface area contributed by atoms with Gasteiger partial charge in [0.2, 0.25) is 11.8 Å². The van der Waals surface area contributed by atoms with E-state index in [0.29, 0.717) is 0 Å².